The van der Waals surface area contributed by atoms with Crippen molar-refractivity contribution in [1.29, 1.82) is 0 Å². The molecule has 4 amide bonds. The number of unbranched alkanes of at least 4 members (excludes halogenated alkanes) is 5. The van der Waals surface area contributed by atoms with Crippen LogP contribution in [0.3, 0.4) is 0 Å². The van der Waals surface area contributed by atoms with Crippen molar-refractivity contribution in [3.63, 3.8) is 0 Å². The number of rotatable bonds is 64. The van der Waals surface area contributed by atoms with E-state index in [0.717, 1.165) is 19.3 Å². The number of hydrogen-bond acceptors (Lipinski definition) is 30. The van der Waals surface area contributed by atoms with Gasteiger partial charge in [-0.05, 0) is 133 Å². The highest BCUT2D eigenvalue weighted by atomic mass is 32.2. The van der Waals surface area contributed by atoms with Crippen molar-refractivity contribution in [3.05, 3.63) is 82.4 Å². The van der Waals surface area contributed by atoms with Gasteiger partial charge in [-0.1, -0.05) is 19.3 Å². The Balaban J connectivity index is 1.81. The number of nitrogens with two attached hydrogens (primary N) is 3. The maximum absolute atomic E-state index is 13.9. The van der Waals surface area contributed by atoms with Crippen LogP contribution in [0, 0.1) is 0 Å². The van der Waals surface area contributed by atoms with E-state index in [1.807, 2.05) is 0 Å². The largest absolute Gasteiger partial charge is 0.489 e. The van der Waals surface area contributed by atoms with Gasteiger partial charge in [0, 0.05) is 86.9 Å². The smallest absolute Gasteiger partial charge is 0.264 e. The molecule has 46 heteroatoms. The van der Waals surface area contributed by atoms with E-state index in [1.54, 1.807) is 0 Å². The molecule has 0 saturated heterocycles. The summed E-state index contributed by atoms with van der Waals surface area (Å²) in [5.74, 6) is -6.91. The summed E-state index contributed by atoms with van der Waals surface area (Å²) < 4.78 is 239. The maximum Gasteiger partial charge on any atom is 0.264 e. The van der Waals surface area contributed by atoms with Crippen LogP contribution in [0.5, 0.6) is 46.0 Å². The highest BCUT2D eigenvalue weighted by molar-refractivity contribution is 7.87. The first-order valence-corrected chi connectivity index (χ1v) is 45.4. The summed E-state index contributed by atoms with van der Waals surface area (Å²) in [5, 5.41) is 26.3. The first-order chi connectivity index (χ1) is 52.7. The van der Waals surface area contributed by atoms with Crippen LogP contribution in [0.2, 0.25) is 0 Å². The van der Waals surface area contributed by atoms with E-state index in [4.69, 9.17) is 60.2 Å². The molecule has 0 atom stereocenters. The molecule has 0 unspecified atom stereocenters. The molecule has 3 rings (SSSR count). The van der Waals surface area contributed by atoms with Gasteiger partial charge in [0.05, 0.1) is 85.6 Å². The first-order valence-electron chi connectivity index (χ1n) is 35.8. The zero-order chi connectivity index (χ0) is 83.2. The van der Waals surface area contributed by atoms with E-state index in [9.17, 15) is 97.0 Å². The van der Waals surface area contributed by atoms with Gasteiger partial charge in [0.25, 0.3) is 78.4 Å². The fraction of sp³-hybridized carbons (Fsp3) is 0.606. The normalized spacial score (nSPS) is 12.3. The van der Waals surface area contributed by atoms with Crippen LogP contribution >= 0.6 is 0 Å². The lowest BCUT2D eigenvalue weighted by Gasteiger charge is -2.19. The van der Waals surface area contributed by atoms with Crippen LogP contribution < -0.4 is 87.0 Å². The Morgan fingerprint density at radius 2 is 0.643 bits per heavy atom. The summed E-state index contributed by atoms with van der Waals surface area (Å²) in [6, 6.07) is 7.91. The molecule has 0 saturated carbocycles. The first kappa shape index (κ1) is 98.2. The molecule has 0 fully saturated rings. The second-order valence-electron chi connectivity index (χ2n) is 25.1. The van der Waals surface area contributed by atoms with E-state index in [1.165, 1.54) is 48.8 Å². The summed E-state index contributed by atoms with van der Waals surface area (Å²) in [5.41, 5.74) is 19.6. The Bertz CT molecular complexity index is 3870. The molecule has 0 heterocycles. The Kier molecular flexibility index (Phi) is 45.3. The van der Waals surface area contributed by atoms with E-state index in [-0.39, 0.29) is 217 Å². The van der Waals surface area contributed by atoms with Gasteiger partial charge >= 0.3 is 0 Å². The zero-order valence-electron chi connectivity index (χ0n) is 62.0. The summed E-state index contributed by atoms with van der Waals surface area (Å²) in [7, 11) is -26.4. The van der Waals surface area contributed by atoms with E-state index >= 15 is 0 Å². The van der Waals surface area contributed by atoms with Crippen LogP contribution in [0.1, 0.15) is 146 Å². The van der Waals surface area contributed by atoms with Crippen molar-refractivity contribution in [3.8, 4) is 46.0 Å². The molecule has 0 aliphatic carbocycles. The highest BCUT2D eigenvalue weighted by Crippen LogP contribution is 2.41. The van der Waals surface area contributed by atoms with Crippen LogP contribution in [0.15, 0.2) is 60.2 Å². The second-order valence-corrected chi connectivity index (χ2v) is 34.5. The average molecular weight is 1720 g/mol. The molecule has 0 radical (unpaired) electrons. The third-order valence-electron chi connectivity index (χ3n) is 15.1. The maximum atomic E-state index is 13.9. The molecule has 3 aromatic rings. The van der Waals surface area contributed by atoms with Crippen molar-refractivity contribution >= 4 is 84.3 Å². The summed E-state index contributed by atoms with van der Waals surface area (Å²) >= 11 is 0. The number of aliphatic hydroxyl groups is 1. The molecule has 19 N–H and O–H groups in total. The zero-order valence-corrected chi connectivity index (χ0v) is 66.9. The molecule has 0 spiro atoms. The van der Waals surface area contributed by atoms with E-state index < -0.39 is 113 Å². The fourth-order valence-corrected chi connectivity index (χ4v) is 12.7. The number of carbonyl (C=O) groups excluding carboxylic acids is 4. The van der Waals surface area contributed by atoms with Gasteiger partial charge in [-0.3, -0.25) is 46.5 Å². The molecule has 0 bridgehead atoms. The molecular formula is C66H107N9O31S6. The second kappa shape index (κ2) is 51.7. The standard InChI is InChI=1S/C66H107N9O31S6/c67-19-8-17-54-55(105-47-52(68)45-70-20-9-24-74-65(79)50-41-57(99-27-11-33-107(81,82)83)62(103-31-15-37-111(93,94)95)58(42-50)100-28-12-34-108(84,85)86)39-49(64(78)73-23-6-3-4-18-61(77)72-22-5-1-2-7-26-76)40-56(54)106-48-53(69)46-71-21-10-25-75-66(80)51-43-59(101-29-13-35-109(87,88)89)63(104-32-16-38-112(96,97)98)60(44-51)102-30-14-36-110(90,91)92/h39-46,70-71,76H,1-38,47-48,67-69H2,(H,72,77)(H,73,78)(H,74,79)(H,75,80)(H,81,82,83)(H,84,85,86)(H,87,88,89)(H,90,91,92)(H,93,94,95)(H,96,97,98)/b52-45-,53-46-. The monoisotopic (exact) mass is 1710 g/mol. The molecular weight excluding hydrogens is 1610 g/mol. The number of amides is 4. The van der Waals surface area contributed by atoms with Crippen molar-refractivity contribution in [2.24, 2.45) is 17.2 Å². The highest BCUT2D eigenvalue weighted by Gasteiger charge is 2.24. The predicted octanol–water partition coefficient (Wildman–Crippen LogP) is 1.65. The Morgan fingerprint density at radius 3 is 0.964 bits per heavy atom. The Labute approximate surface area is 653 Å². The molecule has 638 valence electrons. The number of benzene rings is 3. The minimum atomic E-state index is -4.40. The van der Waals surface area contributed by atoms with Gasteiger partial charge in [0.1, 0.15) is 24.7 Å². The van der Waals surface area contributed by atoms with Gasteiger partial charge in [0.2, 0.25) is 17.4 Å². The van der Waals surface area contributed by atoms with Crippen molar-refractivity contribution in [2.45, 2.75) is 116 Å². The Morgan fingerprint density at radius 1 is 0.348 bits per heavy atom. The third-order valence-corrected chi connectivity index (χ3v) is 20.0. The van der Waals surface area contributed by atoms with Crippen LogP contribution in [0.4, 0.5) is 0 Å². The molecule has 0 aromatic heterocycles. The number of ether oxygens (including phenoxy) is 8. The fourth-order valence-electron chi connectivity index (χ4n) is 9.79. The van der Waals surface area contributed by atoms with Crippen LogP contribution in [0.25, 0.3) is 0 Å². The number of aliphatic hydroxyl groups excluding tert-OH is 1. The lowest BCUT2D eigenvalue weighted by atomic mass is 10.0. The third kappa shape index (κ3) is 46.9. The van der Waals surface area contributed by atoms with E-state index in [0.29, 0.717) is 69.9 Å². The summed E-state index contributed by atoms with van der Waals surface area (Å²) in [4.78, 5) is 53.5. The Hall–Kier alpha value is -8.00. The lowest BCUT2D eigenvalue weighted by Crippen LogP contribution is -2.27. The van der Waals surface area contributed by atoms with Gasteiger partial charge in [0.15, 0.2) is 23.0 Å². The molecule has 0 aliphatic rings. The molecule has 0 aliphatic heterocycles. The van der Waals surface area contributed by atoms with Crippen LogP contribution in [-0.2, 0) is 71.9 Å². The minimum Gasteiger partial charge on any atom is -0.489 e. The van der Waals surface area contributed by atoms with Crippen molar-refractivity contribution in [2.75, 3.05) is 140 Å². The van der Waals surface area contributed by atoms with Gasteiger partial charge in [-0.2, -0.15) is 50.5 Å². The number of nitrogens with one attached hydrogen (secondary N) is 6. The van der Waals surface area contributed by atoms with E-state index in [2.05, 4.69) is 31.9 Å². The topological polar surface area (TPSA) is 639 Å². The average Bonchev–Trinajstić information content (AvgIpc) is 0.828. The predicted molar refractivity (Wildman–Crippen MR) is 411 cm³/mol. The quantitative estimate of drug-likeness (QED) is 0.0282. The van der Waals surface area contributed by atoms with Crippen molar-refractivity contribution < 1.29 is 140 Å². The van der Waals surface area contributed by atoms with Gasteiger partial charge in [-0.25, -0.2) is 0 Å². The van der Waals surface area contributed by atoms with Crippen molar-refractivity contribution in [1.82, 2.24) is 31.9 Å². The molecule has 40 nitrogen and oxygen atoms in total. The SMILES string of the molecule is NCCCc1c(OC/C(N)=C/NCCCNC(=O)c2cc(OCCCS(=O)(=O)O)c(OCCCS(=O)(=O)O)c(OCCCS(=O)(=O)O)c2)cc(C(=O)NCCCCCC(=O)NCCCCCCO)cc1OC/C(N)=C/NCCCNC(=O)c1cc(OCCCS(=O)(=O)O)c(OCCCS(=O)(=O)O)c(OCCCS(=O)(=O)O)c1. The number of carbonyl (C=O) groups is 4. The van der Waals surface area contributed by atoms with Crippen LogP contribution in [-0.4, -0.2) is 246 Å². The minimum absolute atomic E-state index is 0.0517. The molecule has 112 heavy (non-hydrogen) atoms. The molecule has 3 aromatic carbocycles. The lowest BCUT2D eigenvalue weighted by molar-refractivity contribution is -0.121. The number of hydrogen-bond donors (Lipinski definition) is 16. The van der Waals surface area contributed by atoms with Gasteiger partial charge in [-0.15, -0.1) is 0 Å². The summed E-state index contributed by atoms with van der Waals surface area (Å²) in [6.45, 7) is -0.837. The van der Waals surface area contributed by atoms with Gasteiger partial charge < -0.3 is 92.1 Å². The summed E-state index contributed by atoms with van der Waals surface area (Å²) in [6.07, 6.45) is 8.17.